The SMILES string of the molecule is CCOc1ccc(C=C(c2nc3ccccc3[nH]2)S(=O)(=O)c2ccccc2)cc1OC. The van der Waals surface area contributed by atoms with Crippen LogP contribution in [-0.2, 0) is 9.84 Å². The highest BCUT2D eigenvalue weighted by molar-refractivity contribution is 8.00. The van der Waals surface area contributed by atoms with Crippen molar-refractivity contribution in [3.8, 4) is 11.5 Å². The van der Waals surface area contributed by atoms with E-state index in [1.54, 1.807) is 61.7 Å². The second-order valence-electron chi connectivity index (χ2n) is 6.77. The Morgan fingerprint density at radius 1 is 1.00 bits per heavy atom. The predicted molar refractivity (Wildman–Crippen MR) is 122 cm³/mol. The van der Waals surface area contributed by atoms with E-state index < -0.39 is 9.84 Å². The maximum absolute atomic E-state index is 13.6. The summed E-state index contributed by atoms with van der Waals surface area (Å²) < 4.78 is 38.1. The Labute approximate surface area is 181 Å². The summed E-state index contributed by atoms with van der Waals surface area (Å²) in [6, 6.07) is 21.0. The van der Waals surface area contributed by atoms with Gasteiger partial charge in [-0.3, -0.25) is 0 Å². The summed E-state index contributed by atoms with van der Waals surface area (Å²) in [6.07, 6.45) is 1.60. The van der Waals surface area contributed by atoms with E-state index in [9.17, 15) is 8.42 Å². The average Bonchev–Trinajstić information content (AvgIpc) is 3.22. The largest absolute Gasteiger partial charge is 0.493 e. The summed E-state index contributed by atoms with van der Waals surface area (Å²) >= 11 is 0. The number of rotatable bonds is 7. The molecule has 0 aliphatic heterocycles. The molecule has 0 saturated heterocycles. The maximum atomic E-state index is 13.6. The van der Waals surface area contributed by atoms with Crippen LogP contribution in [-0.4, -0.2) is 32.1 Å². The molecule has 0 aliphatic rings. The molecule has 0 amide bonds. The molecule has 0 saturated carbocycles. The lowest BCUT2D eigenvalue weighted by Gasteiger charge is -2.11. The number of H-pyrrole nitrogens is 1. The van der Waals surface area contributed by atoms with Crippen molar-refractivity contribution in [3.05, 3.63) is 84.2 Å². The van der Waals surface area contributed by atoms with Gasteiger partial charge in [0.1, 0.15) is 10.7 Å². The number of imidazole rings is 1. The quantitative estimate of drug-likeness (QED) is 0.445. The molecule has 158 valence electrons. The zero-order valence-corrected chi connectivity index (χ0v) is 18.0. The van der Waals surface area contributed by atoms with E-state index in [1.165, 1.54) is 0 Å². The van der Waals surface area contributed by atoms with Gasteiger partial charge in [0.2, 0.25) is 9.84 Å². The summed E-state index contributed by atoms with van der Waals surface area (Å²) in [5.41, 5.74) is 2.10. The van der Waals surface area contributed by atoms with Gasteiger partial charge in [-0.15, -0.1) is 0 Å². The van der Waals surface area contributed by atoms with Crippen molar-refractivity contribution in [2.75, 3.05) is 13.7 Å². The third-order valence-electron chi connectivity index (χ3n) is 4.75. The molecule has 31 heavy (non-hydrogen) atoms. The molecule has 0 fully saturated rings. The number of para-hydroxylation sites is 2. The number of aromatic nitrogens is 2. The molecule has 3 aromatic carbocycles. The van der Waals surface area contributed by atoms with Crippen LogP contribution in [0, 0.1) is 0 Å². The standard InChI is InChI=1S/C24H22N2O4S/c1-3-30-21-14-13-17(15-22(21)29-2)16-23(31(27,28)18-9-5-4-6-10-18)24-25-19-11-7-8-12-20(19)26-24/h4-16H,3H2,1-2H3,(H,25,26). The first kappa shape index (κ1) is 20.7. The van der Waals surface area contributed by atoms with E-state index in [2.05, 4.69) is 9.97 Å². The topological polar surface area (TPSA) is 81.3 Å². The first-order valence-electron chi connectivity index (χ1n) is 9.80. The molecular weight excluding hydrogens is 412 g/mol. The number of nitrogens with zero attached hydrogens (tertiary/aromatic N) is 1. The van der Waals surface area contributed by atoms with E-state index in [1.807, 2.05) is 31.2 Å². The minimum absolute atomic E-state index is 0.0705. The molecule has 0 unspecified atom stereocenters. The number of aromatic amines is 1. The fourth-order valence-electron chi connectivity index (χ4n) is 3.27. The highest BCUT2D eigenvalue weighted by Gasteiger charge is 2.25. The van der Waals surface area contributed by atoms with Gasteiger partial charge in [0, 0.05) is 0 Å². The summed E-state index contributed by atoms with van der Waals surface area (Å²) in [5, 5.41) is 0. The Bertz CT molecular complexity index is 1310. The number of sulfone groups is 1. The Kier molecular flexibility index (Phi) is 5.77. The first-order valence-corrected chi connectivity index (χ1v) is 11.3. The van der Waals surface area contributed by atoms with Gasteiger partial charge < -0.3 is 14.5 Å². The van der Waals surface area contributed by atoms with Crippen molar-refractivity contribution in [1.82, 2.24) is 9.97 Å². The van der Waals surface area contributed by atoms with Crippen LogP contribution in [0.2, 0.25) is 0 Å². The molecule has 0 atom stereocenters. The Morgan fingerprint density at radius 2 is 1.74 bits per heavy atom. The van der Waals surface area contributed by atoms with E-state index in [4.69, 9.17) is 9.47 Å². The molecule has 0 bridgehead atoms. The van der Waals surface area contributed by atoms with Crippen molar-refractivity contribution in [1.29, 1.82) is 0 Å². The molecular formula is C24H22N2O4S. The Morgan fingerprint density at radius 3 is 2.45 bits per heavy atom. The first-order chi connectivity index (χ1) is 15.0. The molecule has 1 N–H and O–H groups in total. The number of hydrogen-bond donors (Lipinski definition) is 1. The van der Waals surface area contributed by atoms with Gasteiger partial charge in [-0.2, -0.15) is 0 Å². The summed E-state index contributed by atoms with van der Waals surface area (Å²) in [5.74, 6) is 1.40. The zero-order chi connectivity index (χ0) is 21.8. The van der Waals surface area contributed by atoms with Gasteiger partial charge in [0.25, 0.3) is 0 Å². The number of methoxy groups -OCH3 is 1. The van der Waals surface area contributed by atoms with Crippen LogP contribution < -0.4 is 9.47 Å². The van der Waals surface area contributed by atoms with Gasteiger partial charge in [0.15, 0.2) is 11.5 Å². The third kappa shape index (κ3) is 4.18. The van der Waals surface area contributed by atoms with Crippen molar-refractivity contribution < 1.29 is 17.9 Å². The minimum atomic E-state index is -3.84. The molecule has 6 nitrogen and oxygen atoms in total. The van der Waals surface area contributed by atoms with Gasteiger partial charge in [-0.1, -0.05) is 36.4 Å². The van der Waals surface area contributed by atoms with Crippen molar-refractivity contribution in [2.45, 2.75) is 11.8 Å². The van der Waals surface area contributed by atoms with Crippen LogP contribution in [0.4, 0.5) is 0 Å². The van der Waals surface area contributed by atoms with Crippen molar-refractivity contribution >= 4 is 31.9 Å². The average molecular weight is 435 g/mol. The third-order valence-corrected chi connectivity index (χ3v) is 6.53. The monoisotopic (exact) mass is 434 g/mol. The summed E-state index contributed by atoms with van der Waals surface area (Å²) in [4.78, 5) is 7.93. The van der Waals surface area contributed by atoms with Crippen molar-refractivity contribution in [2.24, 2.45) is 0 Å². The molecule has 7 heteroatoms. The lowest BCUT2D eigenvalue weighted by Crippen LogP contribution is -2.06. The van der Waals surface area contributed by atoms with E-state index >= 15 is 0 Å². The molecule has 1 heterocycles. The summed E-state index contributed by atoms with van der Waals surface area (Å²) in [7, 11) is -2.30. The van der Waals surface area contributed by atoms with E-state index in [-0.39, 0.29) is 15.6 Å². The highest BCUT2D eigenvalue weighted by Crippen LogP contribution is 2.33. The van der Waals surface area contributed by atoms with Crippen molar-refractivity contribution in [3.63, 3.8) is 0 Å². The van der Waals surface area contributed by atoms with E-state index in [0.717, 1.165) is 5.52 Å². The van der Waals surface area contributed by atoms with Crippen LogP contribution in [0.5, 0.6) is 11.5 Å². The normalized spacial score (nSPS) is 12.1. The van der Waals surface area contributed by atoms with Crippen LogP contribution in [0.1, 0.15) is 18.3 Å². The molecule has 4 aromatic rings. The maximum Gasteiger partial charge on any atom is 0.210 e. The second-order valence-corrected chi connectivity index (χ2v) is 8.69. The fraction of sp³-hybridized carbons (Fsp3) is 0.125. The number of hydrogen-bond acceptors (Lipinski definition) is 5. The molecule has 4 rings (SSSR count). The van der Waals surface area contributed by atoms with Gasteiger partial charge >= 0.3 is 0 Å². The zero-order valence-electron chi connectivity index (χ0n) is 17.2. The van der Waals surface area contributed by atoms with Crippen LogP contribution in [0.25, 0.3) is 22.0 Å². The van der Waals surface area contributed by atoms with Gasteiger partial charge in [-0.05, 0) is 55.0 Å². The number of nitrogens with one attached hydrogen (secondary N) is 1. The predicted octanol–water partition coefficient (Wildman–Crippen LogP) is 4.94. The van der Waals surface area contributed by atoms with Gasteiger partial charge in [0.05, 0.1) is 29.6 Å². The van der Waals surface area contributed by atoms with Crippen LogP contribution in [0.15, 0.2) is 77.7 Å². The molecule has 0 radical (unpaired) electrons. The highest BCUT2D eigenvalue weighted by atomic mass is 32.2. The number of ether oxygens (including phenoxy) is 2. The van der Waals surface area contributed by atoms with Crippen LogP contribution >= 0.6 is 0 Å². The Hall–Kier alpha value is -3.58. The minimum Gasteiger partial charge on any atom is -0.493 e. The fourth-order valence-corrected chi connectivity index (χ4v) is 4.68. The second kappa shape index (κ2) is 8.65. The molecule has 0 spiro atoms. The lowest BCUT2D eigenvalue weighted by molar-refractivity contribution is 0.311. The lowest BCUT2D eigenvalue weighted by atomic mass is 10.2. The number of benzene rings is 3. The number of fused-ring (bicyclic) bond motifs is 1. The smallest absolute Gasteiger partial charge is 0.210 e. The van der Waals surface area contributed by atoms with Crippen LogP contribution in [0.3, 0.4) is 0 Å². The molecule has 0 aliphatic carbocycles. The Balaban J connectivity index is 1.90. The van der Waals surface area contributed by atoms with E-state index in [0.29, 0.717) is 29.2 Å². The molecule has 1 aromatic heterocycles. The van der Waals surface area contributed by atoms with Gasteiger partial charge in [-0.25, -0.2) is 13.4 Å². The summed E-state index contributed by atoms with van der Waals surface area (Å²) in [6.45, 7) is 2.39.